The van der Waals surface area contributed by atoms with Crippen molar-refractivity contribution in [1.29, 1.82) is 0 Å². The SMILES string of the molecule is CCc1oc(N)nc1-c1ccc(F)c(Cl)c1. The van der Waals surface area contributed by atoms with Crippen molar-refractivity contribution in [2.24, 2.45) is 0 Å². The molecule has 0 aliphatic carbocycles. The first-order valence-corrected chi connectivity index (χ1v) is 5.20. The molecule has 3 nitrogen and oxygen atoms in total. The number of oxazole rings is 1. The Morgan fingerprint density at radius 3 is 2.88 bits per heavy atom. The summed E-state index contributed by atoms with van der Waals surface area (Å²) in [6.45, 7) is 1.93. The van der Waals surface area contributed by atoms with Crippen molar-refractivity contribution < 1.29 is 8.81 Å². The van der Waals surface area contributed by atoms with Gasteiger partial charge in [-0.3, -0.25) is 0 Å². The standard InChI is InChI=1S/C11H10ClFN2O/c1-2-9-10(15-11(14)16-9)6-3-4-8(13)7(12)5-6/h3-5H,2H2,1H3,(H2,14,15). The Balaban J connectivity index is 2.53. The molecule has 5 heteroatoms. The van der Waals surface area contributed by atoms with E-state index in [0.29, 0.717) is 23.4 Å². The minimum Gasteiger partial charge on any atom is -0.428 e. The Morgan fingerprint density at radius 2 is 2.25 bits per heavy atom. The van der Waals surface area contributed by atoms with Gasteiger partial charge in [-0.2, -0.15) is 4.98 Å². The highest BCUT2D eigenvalue weighted by molar-refractivity contribution is 6.31. The second-order valence-corrected chi connectivity index (χ2v) is 3.71. The van der Waals surface area contributed by atoms with Crippen LogP contribution >= 0.6 is 11.6 Å². The molecule has 0 spiro atoms. The molecule has 0 bridgehead atoms. The minimum atomic E-state index is -0.458. The van der Waals surface area contributed by atoms with Crippen LogP contribution in [0.5, 0.6) is 0 Å². The van der Waals surface area contributed by atoms with Crippen LogP contribution in [0, 0.1) is 5.82 Å². The number of halogens is 2. The van der Waals surface area contributed by atoms with Crippen molar-refractivity contribution in [3.63, 3.8) is 0 Å². The van der Waals surface area contributed by atoms with Gasteiger partial charge in [0.1, 0.15) is 17.3 Å². The number of aryl methyl sites for hydroxylation is 1. The summed E-state index contributed by atoms with van der Waals surface area (Å²) in [4.78, 5) is 4.05. The summed E-state index contributed by atoms with van der Waals surface area (Å²) < 4.78 is 18.2. The highest BCUT2D eigenvalue weighted by atomic mass is 35.5. The molecule has 2 aromatic rings. The summed E-state index contributed by atoms with van der Waals surface area (Å²) in [5.74, 6) is 0.208. The number of rotatable bonds is 2. The highest BCUT2D eigenvalue weighted by Gasteiger charge is 2.13. The number of nitrogens with zero attached hydrogens (tertiary/aromatic N) is 1. The Hall–Kier alpha value is -1.55. The van der Waals surface area contributed by atoms with Gasteiger partial charge in [-0.1, -0.05) is 18.5 Å². The molecule has 0 radical (unpaired) electrons. The van der Waals surface area contributed by atoms with Gasteiger partial charge in [-0.25, -0.2) is 4.39 Å². The second kappa shape index (κ2) is 4.14. The molecule has 0 fully saturated rings. The third-order valence-corrected chi connectivity index (χ3v) is 2.52. The van der Waals surface area contributed by atoms with Crippen LogP contribution in [-0.2, 0) is 6.42 Å². The number of nitrogen functional groups attached to an aromatic ring is 1. The van der Waals surface area contributed by atoms with Gasteiger partial charge in [-0.15, -0.1) is 0 Å². The first-order valence-electron chi connectivity index (χ1n) is 4.82. The van der Waals surface area contributed by atoms with Crippen molar-refractivity contribution in [3.05, 3.63) is 34.8 Å². The smallest absolute Gasteiger partial charge is 0.292 e. The number of hydrogen-bond acceptors (Lipinski definition) is 3. The van der Waals surface area contributed by atoms with Crippen LogP contribution in [0.25, 0.3) is 11.3 Å². The Bertz CT molecular complexity index is 525. The number of nitrogens with two attached hydrogens (primary N) is 1. The molecule has 84 valence electrons. The van der Waals surface area contributed by atoms with Crippen LogP contribution < -0.4 is 5.73 Å². The molecule has 0 saturated carbocycles. The van der Waals surface area contributed by atoms with Crippen molar-refractivity contribution in [1.82, 2.24) is 4.98 Å². The lowest BCUT2D eigenvalue weighted by Gasteiger charge is -2.00. The molecular formula is C11H10ClFN2O. The first kappa shape index (κ1) is 11.0. The summed E-state index contributed by atoms with van der Waals surface area (Å²) in [7, 11) is 0. The van der Waals surface area contributed by atoms with E-state index in [1.807, 2.05) is 6.92 Å². The van der Waals surface area contributed by atoms with Gasteiger partial charge in [0.2, 0.25) is 0 Å². The van der Waals surface area contributed by atoms with E-state index in [2.05, 4.69) is 4.98 Å². The molecule has 1 heterocycles. The largest absolute Gasteiger partial charge is 0.428 e. The van der Waals surface area contributed by atoms with Crippen molar-refractivity contribution in [2.75, 3.05) is 5.73 Å². The van der Waals surface area contributed by atoms with Gasteiger partial charge >= 0.3 is 0 Å². The molecular weight excluding hydrogens is 231 g/mol. The van der Waals surface area contributed by atoms with Crippen molar-refractivity contribution >= 4 is 17.6 Å². The average Bonchev–Trinajstić information content (AvgIpc) is 2.63. The molecule has 0 aliphatic rings. The van der Waals surface area contributed by atoms with Crippen molar-refractivity contribution in [3.8, 4) is 11.3 Å². The van der Waals surface area contributed by atoms with Gasteiger partial charge in [0.15, 0.2) is 0 Å². The van der Waals surface area contributed by atoms with Gasteiger partial charge in [0.05, 0.1) is 5.02 Å². The fourth-order valence-electron chi connectivity index (χ4n) is 1.48. The van der Waals surface area contributed by atoms with E-state index in [0.717, 1.165) is 0 Å². The molecule has 1 aromatic carbocycles. The number of anilines is 1. The summed E-state index contributed by atoms with van der Waals surface area (Å²) >= 11 is 5.70. The summed E-state index contributed by atoms with van der Waals surface area (Å²) in [5, 5.41) is 0.0566. The second-order valence-electron chi connectivity index (χ2n) is 3.31. The van der Waals surface area contributed by atoms with Crippen LogP contribution in [-0.4, -0.2) is 4.98 Å². The maximum atomic E-state index is 13.0. The molecule has 0 unspecified atom stereocenters. The van der Waals surface area contributed by atoms with E-state index in [1.165, 1.54) is 12.1 Å². The Labute approximate surface area is 97.0 Å². The molecule has 0 saturated heterocycles. The zero-order valence-corrected chi connectivity index (χ0v) is 9.38. The number of benzene rings is 1. The minimum absolute atomic E-state index is 0.0566. The fourth-order valence-corrected chi connectivity index (χ4v) is 1.66. The maximum absolute atomic E-state index is 13.0. The van der Waals surface area contributed by atoms with E-state index in [9.17, 15) is 4.39 Å². The van der Waals surface area contributed by atoms with E-state index < -0.39 is 5.82 Å². The maximum Gasteiger partial charge on any atom is 0.292 e. The fraction of sp³-hybridized carbons (Fsp3) is 0.182. The zero-order valence-electron chi connectivity index (χ0n) is 8.63. The third-order valence-electron chi connectivity index (χ3n) is 2.23. The first-order chi connectivity index (χ1) is 7.61. The van der Waals surface area contributed by atoms with E-state index in [4.69, 9.17) is 21.8 Å². The molecule has 0 aliphatic heterocycles. The molecule has 2 rings (SSSR count). The summed E-state index contributed by atoms with van der Waals surface area (Å²) in [5.41, 5.74) is 6.79. The van der Waals surface area contributed by atoms with E-state index >= 15 is 0 Å². The Kier molecular flexibility index (Phi) is 2.83. The monoisotopic (exact) mass is 240 g/mol. The average molecular weight is 241 g/mol. The highest BCUT2D eigenvalue weighted by Crippen LogP contribution is 2.28. The van der Waals surface area contributed by atoms with Crippen LogP contribution in [0.2, 0.25) is 5.02 Å². The molecule has 1 aromatic heterocycles. The van der Waals surface area contributed by atoms with Gasteiger partial charge in [-0.05, 0) is 18.2 Å². The predicted octanol–water partition coefficient (Wildman–Crippen LogP) is 3.28. The van der Waals surface area contributed by atoms with Crippen LogP contribution in [0.4, 0.5) is 10.4 Å². The molecule has 0 amide bonds. The molecule has 2 N–H and O–H groups in total. The van der Waals surface area contributed by atoms with E-state index in [1.54, 1.807) is 6.07 Å². The summed E-state index contributed by atoms with van der Waals surface area (Å²) in [6.07, 6.45) is 0.661. The predicted molar refractivity (Wildman–Crippen MR) is 60.7 cm³/mol. The van der Waals surface area contributed by atoms with E-state index in [-0.39, 0.29) is 11.0 Å². The quantitative estimate of drug-likeness (QED) is 0.876. The summed E-state index contributed by atoms with van der Waals surface area (Å²) in [6, 6.07) is 4.50. The van der Waals surface area contributed by atoms with Gasteiger partial charge in [0.25, 0.3) is 6.01 Å². The normalized spacial score (nSPS) is 10.7. The van der Waals surface area contributed by atoms with Crippen LogP contribution in [0.1, 0.15) is 12.7 Å². The van der Waals surface area contributed by atoms with Crippen LogP contribution in [0.15, 0.2) is 22.6 Å². The lowest BCUT2D eigenvalue weighted by atomic mass is 10.1. The Morgan fingerprint density at radius 1 is 1.50 bits per heavy atom. The molecule has 0 atom stereocenters. The number of hydrogen-bond donors (Lipinski definition) is 1. The third kappa shape index (κ3) is 1.88. The zero-order chi connectivity index (χ0) is 11.7. The topological polar surface area (TPSA) is 52.0 Å². The van der Waals surface area contributed by atoms with Crippen molar-refractivity contribution in [2.45, 2.75) is 13.3 Å². The van der Waals surface area contributed by atoms with Gasteiger partial charge in [0, 0.05) is 12.0 Å². The lowest BCUT2D eigenvalue weighted by Crippen LogP contribution is -1.86. The van der Waals surface area contributed by atoms with Gasteiger partial charge < -0.3 is 10.2 Å². The lowest BCUT2D eigenvalue weighted by molar-refractivity contribution is 0.530. The molecule has 16 heavy (non-hydrogen) atoms. The van der Waals surface area contributed by atoms with Crippen LogP contribution in [0.3, 0.4) is 0 Å². The number of aromatic nitrogens is 1.